The third kappa shape index (κ3) is 4.70. The molecule has 2 heterocycles. The fourth-order valence-electron chi connectivity index (χ4n) is 2.39. The number of rotatable bonds is 7. The van der Waals surface area contributed by atoms with Gasteiger partial charge in [0.2, 0.25) is 0 Å². The van der Waals surface area contributed by atoms with Crippen LogP contribution in [0.5, 0.6) is 5.75 Å². The molecule has 5 nitrogen and oxygen atoms in total. The molecular weight excluding hydrogens is 334 g/mol. The van der Waals surface area contributed by atoms with Crippen molar-refractivity contribution in [3.63, 3.8) is 0 Å². The van der Waals surface area contributed by atoms with Gasteiger partial charge in [0.05, 0.1) is 12.7 Å². The summed E-state index contributed by atoms with van der Waals surface area (Å²) in [6, 6.07) is 13.7. The van der Waals surface area contributed by atoms with Crippen LogP contribution in [0.25, 0.3) is 0 Å². The molecule has 0 aliphatic carbocycles. The van der Waals surface area contributed by atoms with Gasteiger partial charge in [-0.2, -0.15) is 5.10 Å². The summed E-state index contributed by atoms with van der Waals surface area (Å²) in [5.74, 6) is 1.62. The second kappa shape index (κ2) is 7.98. The Morgan fingerprint density at radius 3 is 2.72 bits per heavy atom. The van der Waals surface area contributed by atoms with E-state index in [4.69, 9.17) is 4.74 Å². The summed E-state index contributed by atoms with van der Waals surface area (Å²) in [6.07, 6.45) is 1.68. The van der Waals surface area contributed by atoms with Crippen LogP contribution in [-0.2, 0) is 11.3 Å². The molecule has 3 rings (SSSR count). The van der Waals surface area contributed by atoms with Crippen molar-refractivity contribution in [2.45, 2.75) is 26.3 Å². The largest absolute Gasteiger partial charge is 0.484 e. The zero-order valence-corrected chi connectivity index (χ0v) is 15.1. The van der Waals surface area contributed by atoms with Crippen molar-refractivity contribution in [1.29, 1.82) is 0 Å². The summed E-state index contributed by atoms with van der Waals surface area (Å²) < 4.78 is 7.32. The quantitative estimate of drug-likeness (QED) is 0.693. The molecule has 0 aliphatic heterocycles. The van der Waals surface area contributed by atoms with Crippen LogP contribution in [0.2, 0.25) is 0 Å². The molecule has 0 saturated heterocycles. The lowest BCUT2D eigenvalue weighted by molar-refractivity contribution is -0.118. The van der Waals surface area contributed by atoms with Crippen molar-refractivity contribution in [3.05, 3.63) is 64.5 Å². The molecule has 1 N–H and O–H groups in total. The Bertz CT molecular complexity index is 808. The van der Waals surface area contributed by atoms with Crippen LogP contribution in [0, 0.1) is 0 Å². The molecule has 0 saturated carbocycles. The lowest BCUT2D eigenvalue weighted by Gasteiger charge is -2.10. The number of carbonyl (C=O) groups excluding carboxylic acids is 1. The third-order valence-electron chi connectivity index (χ3n) is 3.79. The molecule has 0 aliphatic rings. The van der Waals surface area contributed by atoms with Crippen LogP contribution in [0.3, 0.4) is 0 Å². The number of amides is 1. The minimum Gasteiger partial charge on any atom is -0.484 e. The van der Waals surface area contributed by atoms with Crippen LogP contribution >= 0.6 is 11.3 Å². The standard InChI is InChI=1S/C19H21N3O2S/c1-14(2)15-5-7-16(8-6-15)24-13-19(23)21-18-9-10-20-22(18)12-17-4-3-11-25-17/h3-11,14H,12-13H2,1-2H3,(H,21,23). The number of benzene rings is 1. The first-order valence-electron chi connectivity index (χ1n) is 8.18. The highest BCUT2D eigenvalue weighted by atomic mass is 32.1. The maximum atomic E-state index is 12.1. The topological polar surface area (TPSA) is 56.1 Å². The van der Waals surface area contributed by atoms with Gasteiger partial charge in [0.1, 0.15) is 11.6 Å². The maximum Gasteiger partial charge on any atom is 0.263 e. The summed E-state index contributed by atoms with van der Waals surface area (Å²) >= 11 is 1.66. The van der Waals surface area contributed by atoms with Crippen molar-refractivity contribution >= 4 is 23.1 Å². The summed E-state index contributed by atoms with van der Waals surface area (Å²) in [7, 11) is 0. The van der Waals surface area contributed by atoms with Crippen LogP contribution < -0.4 is 10.1 Å². The Morgan fingerprint density at radius 2 is 2.04 bits per heavy atom. The van der Waals surface area contributed by atoms with E-state index in [1.165, 1.54) is 10.4 Å². The Hall–Kier alpha value is -2.60. The number of carbonyl (C=O) groups is 1. The normalized spacial score (nSPS) is 10.8. The van der Waals surface area contributed by atoms with Gasteiger partial charge >= 0.3 is 0 Å². The van der Waals surface area contributed by atoms with Gasteiger partial charge in [-0.1, -0.05) is 32.0 Å². The van der Waals surface area contributed by atoms with Gasteiger partial charge in [0.25, 0.3) is 5.91 Å². The number of thiophene rings is 1. The van der Waals surface area contributed by atoms with E-state index in [2.05, 4.69) is 24.3 Å². The van der Waals surface area contributed by atoms with Crippen molar-refractivity contribution in [1.82, 2.24) is 9.78 Å². The smallest absolute Gasteiger partial charge is 0.263 e. The van der Waals surface area contributed by atoms with Gasteiger partial charge in [-0.05, 0) is 35.1 Å². The highest BCUT2D eigenvalue weighted by Gasteiger charge is 2.09. The zero-order valence-electron chi connectivity index (χ0n) is 14.3. The number of anilines is 1. The van der Waals surface area contributed by atoms with Gasteiger partial charge < -0.3 is 10.1 Å². The predicted octanol–water partition coefficient (Wildman–Crippen LogP) is 4.13. The van der Waals surface area contributed by atoms with E-state index in [1.807, 2.05) is 41.8 Å². The number of hydrogen-bond acceptors (Lipinski definition) is 4. The van der Waals surface area contributed by atoms with Gasteiger partial charge in [0.15, 0.2) is 6.61 Å². The molecule has 0 fully saturated rings. The van der Waals surface area contributed by atoms with Gasteiger partial charge in [0, 0.05) is 10.9 Å². The average molecular weight is 355 g/mol. The summed E-state index contributed by atoms with van der Waals surface area (Å²) in [5.41, 5.74) is 1.24. The fraction of sp³-hybridized carbons (Fsp3) is 0.263. The number of nitrogens with one attached hydrogen (secondary N) is 1. The van der Waals surface area contributed by atoms with Crippen LogP contribution in [0.15, 0.2) is 54.0 Å². The fourth-order valence-corrected chi connectivity index (χ4v) is 3.08. The Kier molecular flexibility index (Phi) is 5.50. The van der Waals surface area contributed by atoms with Crippen molar-refractivity contribution in [3.8, 4) is 5.75 Å². The SMILES string of the molecule is CC(C)c1ccc(OCC(=O)Nc2ccnn2Cc2cccs2)cc1. The van der Waals surface area contributed by atoms with Gasteiger partial charge in [-0.15, -0.1) is 11.3 Å². The molecule has 1 aromatic carbocycles. The summed E-state index contributed by atoms with van der Waals surface area (Å²) in [4.78, 5) is 13.3. The molecule has 0 unspecified atom stereocenters. The highest BCUT2D eigenvalue weighted by molar-refractivity contribution is 7.09. The van der Waals surface area contributed by atoms with Gasteiger partial charge in [-0.25, -0.2) is 4.68 Å². The van der Waals surface area contributed by atoms with Crippen molar-refractivity contribution in [2.75, 3.05) is 11.9 Å². The van der Waals surface area contributed by atoms with Crippen LogP contribution in [0.4, 0.5) is 5.82 Å². The molecule has 2 aromatic heterocycles. The lowest BCUT2D eigenvalue weighted by Crippen LogP contribution is -2.22. The molecule has 25 heavy (non-hydrogen) atoms. The first kappa shape index (κ1) is 17.2. The van der Waals surface area contributed by atoms with E-state index in [1.54, 1.807) is 28.3 Å². The Balaban J connectivity index is 1.53. The second-order valence-electron chi connectivity index (χ2n) is 6.01. The van der Waals surface area contributed by atoms with Crippen molar-refractivity contribution < 1.29 is 9.53 Å². The molecule has 0 spiro atoms. The van der Waals surface area contributed by atoms with E-state index in [-0.39, 0.29) is 12.5 Å². The summed E-state index contributed by atoms with van der Waals surface area (Å²) in [6.45, 7) is 4.88. The minimum absolute atomic E-state index is 0.0365. The van der Waals surface area contributed by atoms with E-state index in [0.717, 1.165) is 0 Å². The van der Waals surface area contributed by atoms with Crippen molar-refractivity contribution in [2.24, 2.45) is 0 Å². The molecular formula is C19H21N3O2S. The highest BCUT2D eigenvalue weighted by Crippen LogP contribution is 2.19. The van der Waals surface area contributed by atoms with E-state index >= 15 is 0 Å². The van der Waals surface area contributed by atoms with E-state index in [9.17, 15) is 4.79 Å². The van der Waals surface area contributed by atoms with E-state index in [0.29, 0.717) is 24.0 Å². The Labute approximate surface area is 151 Å². The molecule has 0 bridgehead atoms. The average Bonchev–Trinajstić information content (AvgIpc) is 3.26. The third-order valence-corrected chi connectivity index (χ3v) is 4.65. The van der Waals surface area contributed by atoms with Crippen LogP contribution in [-0.4, -0.2) is 22.3 Å². The predicted molar refractivity (Wildman–Crippen MR) is 100 cm³/mol. The number of ether oxygens (including phenoxy) is 1. The lowest BCUT2D eigenvalue weighted by atomic mass is 10.0. The molecule has 130 valence electrons. The first-order valence-corrected chi connectivity index (χ1v) is 9.06. The van der Waals surface area contributed by atoms with Crippen LogP contribution in [0.1, 0.15) is 30.2 Å². The number of hydrogen-bond donors (Lipinski definition) is 1. The maximum absolute atomic E-state index is 12.1. The molecule has 1 amide bonds. The molecule has 3 aromatic rings. The van der Waals surface area contributed by atoms with E-state index < -0.39 is 0 Å². The summed E-state index contributed by atoms with van der Waals surface area (Å²) in [5, 5.41) is 9.12. The Morgan fingerprint density at radius 1 is 1.24 bits per heavy atom. The zero-order chi connectivity index (χ0) is 17.6. The molecule has 6 heteroatoms. The molecule has 0 radical (unpaired) electrons. The van der Waals surface area contributed by atoms with Gasteiger partial charge in [-0.3, -0.25) is 4.79 Å². The number of nitrogens with zero attached hydrogens (tertiary/aromatic N) is 2. The molecule has 0 atom stereocenters. The number of aromatic nitrogens is 2. The first-order chi connectivity index (χ1) is 12.1. The minimum atomic E-state index is -0.208. The monoisotopic (exact) mass is 355 g/mol. The second-order valence-corrected chi connectivity index (χ2v) is 7.05.